The van der Waals surface area contributed by atoms with Crippen molar-refractivity contribution in [3.8, 4) is 0 Å². The van der Waals surface area contributed by atoms with Crippen LogP contribution in [0.3, 0.4) is 0 Å². The molecular formula is C30H55NO6S. The van der Waals surface area contributed by atoms with Crippen molar-refractivity contribution >= 4 is 16.0 Å². The Kier molecular flexibility index (Phi) is 23.6. The highest BCUT2D eigenvalue weighted by atomic mass is 32.2. The quantitative estimate of drug-likeness (QED) is 0.0583. The predicted molar refractivity (Wildman–Crippen MR) is 158 cm³/mol. The molecule has 3 unspecified atom stereocenters. The zero-order chi connectivity index (χ0) is 28.5. The van der Waals surface area contributed by atoms with Gasteiger partial charge >= 0.3 is 0 Å². The van der Waals surface area contributed by atoms with Crippen molar-refractivity contribution in [1.29, 1.82) is 0 Å². The molecule has 0 aliphatic carbocycles. The Labute approximate surface area is 232 Å². The number of hydrogen-bond donors (Lipinski definition) is 4. The molecule has 0 fully saturated rings. The van der Waals surface area contributed by atoms with Gasteiger partial charge in [-0.1, -0.05) is 121 Å². The van der Waals surface area contributed by atoms with Gasteiger partial charge in [0.2, 0.25) is 5.91 Å². The summed E-state index contributed by atoms with van der Waals surface area (Å²) in [7, 11) is -4.44. The maximum atomic E-state index is 12.4. The second-order valence-corrected chi connectivity index (χ2v) is 11.7. The maximum absolute atomic E-state index is 12.4. The number of aliphatic hydroxyl groups is 2. The molecule has 0 spiro atoms. The van der Waals surface area contributed by atoms with E-state index in [4.69, 9.17) is 0 Å². The van der Waals surface area contributed by atoms with Gasteiger partial charge in [0.15, 0.2) is 0 Å². The second-order valence-electron chi connectivity index (χ2n) is 10.2. The first-order valence-electron chi connectivity index (χ1n) is 14.8. The molecule has 4 N–H and O–H groups in total. The number of amides is 1. The molecule has 0 aliphatic heterocycles. The van der Waals surface area contributed by atoms with Crippen LogP contribution in [0.1, 0.15) is 123 Å². The molecule has 0 aromatic heterocycles. The lowest BCUT2D eigenvalue weighted by atomic mass is 10.0. The van der Waals surface area contributed by atoms with Gasteiger partial charge in [0.25, 0.3) is 10.1 Å². The number of carbonyl (C=O) groups is 1. The van der Waals surface area contributed by atoms with Gasteiger partial charge in [-0.25, -0.2) is 0 Å². The standard InChI is InChI=1S/C30H55NO6S/c1-3-5-7-9-11-13-14-15-17-18-20-22-24-28(32)27(26-38(35,36)37)31-30(34)29(33)25-23-21-19-16-12-10-8-6-4-2/h9,11,15,17,22,24,27-29,32-33H,3-8,10,12-14,16,18-21,23,25-26H2,1-2H3,(H,31,34)(H,35,36,37)/b11-9+,17-15+,24-22+. The SMILES string of the molecule is CCCC/C=C/CC/C=C/CC/C=C/C(O)C(CS(=O)(=O)O)NC(=O)C(O)CCCCCCCCCCC. The van der Waals surface area contributed by atoms with Gasteiger partial charge in [-0.05, 0) is 38.5 Å². The van der Waals surface area contributed by atoms with Gasteiger partial charge in [0, 0.05) is 0 Å². The Balaban J connectivity index is 4.39. The third kappa shape index (κ3) is 23.6. The molecule has 0 aromatic carbocycles. The molecule has 0 aliphatic rings. The van der Waals surface area contributed by atoms with Crippen molar-refractivity contribution < 1.29 is 28.0 Å². The summed E-state index contributed by atoms with van der Waals surface area (Å²) >= 11 is 0. The van der Waals surface area contributed by atoms with Crippen molar-refractivity contribution in [2.24, 2.45) is 0 Å². The fourth-order valence-electron chi connectivity index (χ4n) is 4.06. The lowest BCUT2D eigenvalue weighted by molar-refractivity contribution is -0.130. The van der Waals surface area contributed by atoms with E-state index in [1.54, 1.807) is 6.08 Å². The molecule has 0 radical (unpaired) electrons. The monoisotopic (exact) mass is 557 g/mol. The van der Waals surface area contributed by atoms with Crippen LogP contribution in [0.2, 0.25) is 0 Å². The van der Waals surface area contributed by atoms with E-state index in [1.165, 1.54) is 51.0 Å². The predicted octanol–water partition coefficient (Wildman–Crippen LogP) is 6.42. The number of unbranched alkanes of at least 4 members (excludes halogenated alkanes) is 12. The van der Waals surface area contributed by atoms with Crippen LogP contribution in [-0.2, 0) is 14.9 Å². The van der Waals surface area contributed by atoms with Crippen molar-refractivity contribution in [2.45, 2.75) is 141 Å². The van der Waals surface area contributed by atoms with E-state index < -0.39 is 40.0 Å². The molecule has 1 amide bonds. The minimum absolute atomic E-state index is 0.271. The number of carbonyl (C=O) groups excluding carboxylic acids is 1. The average molecular weight is 558 g/mol. The zero-order valence-electron chi connectivity index (χ0n) is 23.9. The fourth-order valence-corrected chi connectivity index (χ4v) is 4.79. The summed E-state index contributed by atoms with van der Waals surface area (Å²) in [6.45, 7) is 4.37. The lowest BCUT2D eigenvalue weighted by Gasteiger charge is -2.22. The number of hydrogen-bond acceptors (Lipinski definition) is 5. The number of allylic oxidation sites excluding steroid dienone is 5. The maximum Gasteiger partial charge on any atom is 0.267 e. The van der Waals surface area contributed by atoms with E-state index in [0.717, 1.165) is 44.9 Å². The summed E-state index contributed by atoms with van der Waals surface area (Å²) < 4.78 is 32.1. The summed E-state index contributed by atoms with van der Waals surface area (Å²) in [4.78, 5) is 12.4. The van der Waals surface area contributed by atoms with Crippen LogP contribution in [-0.4, -0.2) is 53.1 Å². The molecule has 0 rings (SSSR count). The Morgan fingerprint density at radius 2 is 1.18 bits per heavy atom. The molecule has 38 heavy (non-hydrogen) atoms. The summed E-state index contributed by atoms with van der Waals surface area (Å²) in [5.74, 6) is -1.57. The number of aliphatic hydroxyl groups excluding tert-OH is 2. The summed E-state index contributed by atoms with van der Waals surface area (Å²) in [5, 5.41) is 23.0. The van der Waals surface area contributed by atoms with E-state index in [1.807, 2.05) is 0 Å². The minimum Gasteiger partial charge on any atom is -0.387 e. The van der Waals surface area contributed by atoms with Gasteiger partial charge < -0.3 is 15.5 Å². The first-order valence-corrected chi connectivity index (χ1v) is 16.4. The van der Waals surface area contributed by atoms with E-state index in [-0.39, 0.29) is 6.42 Å². The second kappa shape index (κ2) is 24.6. The van der Waals surface area contributed by atoms with Gasteiger partial charge in [0.1, 0.15) is 6.10 Å². The van der Waals surface area contributed by atoms with Crippen LogP contribution in [0.5, 0.6) is 0 Å². The van der Waals surface area contributed by atoms with E-state index in [2.05, 4.69) is 43.5 Å². The fraction of sp³-hybridized carbons (Fsp3) is 0.767. The molecule has 3 atom stereocenters. The number of nitrogens with one attached hydrogen (secondary N) is 1. The Bertz CT molecular complexity index is 763. The molecule has 0 bridgehead atoms. The minimum atomic E-state index is -4.44. The first-order chi connectivity index (χ1) is 18.2. The highest BCUT2D eigenvalue weighted by Crippen LogP contribution is 2.12. The van der Waals surface area contributed by atoms with Gasteiger partial charge in [-0.2, -0.15) is 8.42 Å². The van der Waals surface area contributed by atoms with E-state index in [0.29, 0.717) is 12.8 Å². The van der Waals surface area contributed by atoms with Gasteiger partial charge in [-0.3, -0.25) is 9.35 Å². The topological polar surface area (TPSA) is 124 Å². The average Bonchev–Trinajstić information content (AvgIpc) is 2.86. The van der Waals surface area contributed by atoms with E-state index in [9.17, 15) is 28.0 Å². The molecule has 8 heteroatoms. The third-order valence-electron chi connectivity index (χ3n) is 6.40. The van der Waals surface area contributed by atoms with Crippen LogP contribution in [0.25, 0.3) is 0 Å². The van der Waals surface area contributed by atoms with Gasteiger partial charge in [-0.15, -0.1) is 0 Å². The Morgan fingerprint density at radius 3 is 1.71 bits per heavy atom. The molecule has 222 valence electrons. The normalized spacial score (nSPS) is 15.0. The highest BCUT2D eigenvalue weighted by Gasteiger charge is 2.27. The first kappa shape index (κ1) is 36.5. The molecule has 0 saturated carbocycles. The highest BCUT2D eigenvalue weighted by molar-refractivity contribution is 7.85. The van der Waals surface area contributed by atoms with Crippen molar-refractivity contribution in [3.63, 3.8) is 0 Å². The van der Waals surface area contributed by atoms with Gasteiger partial charge in [0.05, 0.1) is 17.9 Å². The van der Waals surface area contributed by atoms with Crippen LogP contribution in [0.15, 0.2) is 36.5 Å². The van der Waals surface area contributed by atoms with Crippen molar-refractivity contribution in [1.82, 2.24) is 5.32 Å². The molecular weight excluding hydrogens is 502 g/mol. The van der Waals surface area contributed by atoms with Crippen molar-refractivity contribution in [2.75, 3.05) is 5.75 Å². The van der Waals surface area contributed by atoms with Crippen LogP contribution >= 0.6 is 0 Å². The van der Waals surface area contributed by atoms with Crippen LogP contribution in [0.4, 0.5) is 0 Å². The Morgan fingerprint density at radius 1 is 0.711 bits per heavy atom. The summed E-state index contributed by atoms with van der Waals surface area (Å²) in [5.41, 5.74) is 0. The van der Waals surface area contributed by atoms with Crippen molar-refractivity contribution in [3.05, 3.63) is 36.5 Å². The zero-order valence-corrected chi connectivity index (χ0v) is 24.7. The Hall–Kier alpha value is -1.48. The molecule has 0 heterocycles. The third-order valence-corrected chi connectivity index (χ3v) is 7.19. The van der Waals surface area contributed by atoms with Crippen LogP contribution in [0, 0.1) is 0 Å². The molecule has 7 nitrogen and oxygen atoms in total. The largest absolute Gasteiger partial charge is 0.387 e. The van der Waals surface area contributed by atoms with E-state index >= 15 is 0 Å². The lowest BCUT2D eigenvalue weighted by Crippen LogP contribution is -2.50. The molecule has 0 saturated heterocycles. The summed E-state index contributed by atoms with van der Waals surface area (Å²) in [6, 6.07) is -1.25. The molecule has 0 aromatic rings. The smallest absolute Gasteiger partial charge is 0.267 e. The summed E-state index contributed by atoms with van der Waals surface area (Å²) in [6.07, 6.45) is 26.4. The van der Waals surface area contributed by atoms with Crippen LogP contribution < -0.4 is 5.32 Å². The number of rotatable bonds is 25.